The normalized spacial score (nSPS) is 9.70. The van der Waals surface area contributed by atoms with Gasteiger partial charge in [0.1, 0.15) is 0 Å². The predicted octanol–water partition coefficient (Wildman–Crippen LogP) is 0.656. The highest BCUT2D eigenvalue weighted by Crippen LogP contribution is 2.22. The first-order valence-electron chi connectivity index (χ1n) is 5.15. The van der Waals surface area contributed by atoms with E-state index < -0.39 is 46.1 Å². The van der Waals surface area contributed by atoms with Crippen LogP contribution in [0.15, 0.2) is 12.1 Å². The number of rotatable bonds is 4. The first kappa shape index (κ1) is 15.2. The van der Waals surface area contributed by atoms with Gasteiger partial charge in [0.2, 0.25) is 0 Å². The predicted molar refractivity (Wildman–Crippen MR) is 63.0 cm³/mol. The van der Waals surface area contributed by atoms with Gasteiger partial charge in [-0.2, -0.15) is 0 Å². The smallest absolute Gasteiger partial charge is 0.338 e. The van der Waals surface area contributed by atoms with Gasteiger partial charge in [-0.15, -0.1) is 0 Å². The van der Waals surface area contributed by atoms with Crippen LogP contribution in [0, 0.1) is 0 Å². The number of benzene rings is 1. The fourth-order valence-corrected chi connectivity index (χ4v) is 1.61. The molecule has 1 aromatic rings. The second-order valence-electron chi connectivity index (χ2n) is 3.50. The average molecular weight is 282 g/mol. The lowest BCUT2D eigenvalue weighted by molar-refractivity contribution is 0.0563. The molecule has 0 heterocycles. The van der Waals surface area contributed by atoms with E-state index in [1.54, 1.807) is 0 Å². The van der Waals surface area contributed by atoms with Crippen LogP contribution in [0.3, 0.4) is 0 Å². The number of aromatic carboxylic acids is 2. The second kappa shape index (κ2) is 5.83. The number of hydrogen-bond donors (Lipinski definition) is 2. The highest BCUT2D eigenvalue weighted by atomic mass is 16.5. The summed E-state index contributed by atoms with van der Waals surface area (Å²) < 4.78 is 8.75. The van der Waals surface area contributed by atoms with Crippen molar-refractivity contribution >= 4 is 23.9 Å². The second-order valence-corrected chi connectivity index (χ2v) is 3.50. The molecule has 0 saturated carbocycles. The van der Waals surface area contributed by atoms with Crippen LogP contribution in [-0.4, -0.2) is 48.3 Å². The zero-order valence-corrected chi connectivity index (χ0v) is 10.5. The van der Waals surface area contributed by atoms with E-state index in [9.17, 15) is 19.2 Å². The van der Waals surface area contributed by atoms with Crippen LogP contribution < -0.4 is 0 Å². The summed E-state index contributed by atoms with van der Waals surface area (Å²) >= 11 is 0. The fourth-order valence-electron chi connectivity index (χ4n) is 1.61. The third kappa shape index (κ3) is 2.58. The summed E-state index contributed by atoms with van der Waals surface area (Å²) in [5.74, 6) is -5.40. The molecule has 0 aliphatic heterocycles. The van der Waals surface area contributed by atoms with Crippen molar-refractivity contribution in [2.45, 2.75) is 0 Å². The maximum atomic E-state index is 11.5. The third-order valence-electron chi connectivity index (χ3n) is 2.44. The quantitative estimate of drug-likeness (QED) is 0.771. The van der Waals surface area contributed by atoms with Gasteiger partial charge in [-0.25, -0.2) is 19.2 Å². The lowest BCUT2D eigenvalue weighted by Gasteiger charge is -2.11. The van der Waals surface area contributed by atoms with Gasteiger partial charge >= 0.3 is 23.9 Å². The van der Waals surface area contributed by atoms with Crippen molar-refractivity contribution in [3.63, 3.8) is 0 Å². The van der Waals surface area contributed by atoms with Gasteiger partial charge in [0.05, 0.1) is 36.5 Å². The van der Waals surface area contributed by atoms with E-state index >= 15 is 0 Å². The molecule has 2 N–H and O–H groups in total. The van der Waals surface area contributed by atoms with E-state index in [1.807, 2.05) is 0 Å². The van der Waals surface area contributed by atoms with E-state index in [0.29, 0.717) is 0 Å². The highest BCUT2D eigenvalue weighted by molar-refractivity contribution is 6.14. The molecule has 0 radical (unpaired) electrons. The van der Waals surface area contributed by atoms with E-state index in [4.69, 9.17) is 10.2 Å². The van der Waals surface area contributed by atoms with E-state index in [1.165, 1.54) is 0 Å². The number of hydrogen-bond acceptors (Lipinski definition) is 6. The molecule has 0 aliphatic carbocycles. The molecule has 0 bridgehead atoms. The molecule has 0 unspecified atom stereocenters. The lowest BCUT2D eigenvalue weighted by atomic mass is 9.95. The number of carboxylic acid groups (broad SMARTS) is 2. The van der Waals surface area contributed by atoms with Crippen LogP contribution in [0.25, 0.3) is 0 Å². The Morgan fingerprint density at radius 3 is 1.30 bits per heavy atom. The molecule has 0 saturated heterocycles. The van der Waals surface area contributed by atoms with Crippen LogP contribution in [0.2, 0.25) is 0 Å². The van der Waals surface area contributed by atoms with Crippen molar-refractivity contribution in [2.24, 2.45) is 0 Å². The summed E-state index contributed by atoms with van der Waals surface area (Å²) in [5.41, 5.74) is -2.59. The van der Waals surface area contributed by atoms with Gasteiger partial charge in [-0.05, 0) is 12.1 Å². The summed E-state index contributed by atoms with van der Waals surface area (Å²) in [6.45, 7) is 0. The van der Waals surface area contributed by atoms with Crippen LogP contribution in [-0.2, 0) is 9.47 Å². The van der Waals surface area contributed by atoms with Gasteiger partial charge in [0, 0.05) is 0 Å². The Morgan fingerprint density at radius 2 is 1.10 bits per heavy atom. The molecule has 0 aliphatic rings. The van der Waals surface area contributed by atoms with Gasteiger partial charge in [0.25, 0.3) is 0 Å². The van der Waals surface area contributed by atoms with Crippen molar-refractivity contribution in [1.29, 1.82) is 0 Å². The van der Waals surface area contributed by atoms with Crippen molar-refractivity contribution in [2.75, 3.05) is 14.2 Å². The minimum Gasteiger partial charge on any atom is -0.478 e. The maximum absolute atomic E-state index is 11.5. The van der Waals surface area contributed by atoms with E-state index in [2.05, 4.69) is 9.47 Å². The number of methoxy groups -OCH3 is 2. The molecule has 0 fully saturated rings. The molecule has 8 heteroatoms. The molecular formula is C12H10O8. The standard InChI is InChI=1S/C12H10O8/c1-19-11(17)5-3-4-6(12(18)20-2)8(10(15)16)7(5)9(13)14/h3-4H,1-2H3,(H,13,14)(H,15,16). The van der Waals surface area contributed by atoms with Crippen molar-refractivity contribution in [1.82, 2.24) is 0 Å². The van der Waals surface area contributed by atoms with E-state index in [0.717, 1.165) is 26.4 Å². The van der Waals surface area contributed by atoms with Crippen molar-refractivity contribution in [3.8, 4) is 0 Å². The molecule has 20 heavy (non-hydrogen) atoms. The SMILES string of the molecule is COC(=O)c1ccc(C(=O)OC)c(C(=O)O)c1C(=O)O. The van der Waals surface area contributed by atoms with Crippen molar-refractivity contribution in [3.05, 3.63) is 34.4 Å². The Balaban J connectivity index is 3.76. The maximum Gasteiger partial charge on any atom is 0.338 e. The lowest BCUT2D eigenvalue weighted by Crippen LogP contribution is -2.20. The molecule has 0 atom stereocenters. The minimum atomic E-state index is -1.67. The van der Waals surface area contributed by atoms with Gasteiger partial charge in [0.15, 0.2) is 0 Å². The van der Waals surface area contributed by atoms with Crippen LogP contribution in [0.1, 0.15) is 41.4 Å². The molecule has 1 rings (SSSR count). The Hall–Kier alpha value is -2.90. The molecule has 0 amide bonds. The Labute approximate surface area is 112 Å². The summed E-state index contributed by atoms with van der Waals surface area (Å²) in [4.78, 5) is 45.4. The van der Waals surface area contributed by atoms with Gasteiger partial charge in [-0.1, -0.05) is 0 Å². The number of ether oxygens (including phenoxy) is 2. The summed E-state index contributed by atoms with van der Waals surface area (Å²) in [7, 11) is 2.03. The third-order valence-corrected chi connectivity index (χ3v) is 2.44. The Morgan fingerprint density at radius 1 is 0.800 bits per heavy atom. The van der Waals surface area contributed by atoms with E-state index in [-0.39, 0.29) is 0 Å². The minimum absolute atomic E-state index is 0.468. The Bertz CT molecular complexity index is 549. The topological polar surface area (TPSA) is 127 Å². The zero-order chi connectivity index (χ0) is 15.4. The molecule has 0 aromatic heterocycles. The fraction of sp³-hybridized carbons (Fsp3) is 0.167. The van der Waals surface area contributed by atoms with Crippen LogP contribution >= 0.6 is 0 Å². The zero-order valence-electron chi connectivity index (χ0n) is 10.5. The molecular weight excluding hydrogens is 272 g/mol. The molecule has 0 spiro atoms. The van der Waals surface area contributed by atoms with Gasteiger partial charge < -0.3 is 19.7 Å². The molecule has 1 aromatic carbocycles. The monoisotopic (exact) mass is 282 g/mol. The first-order chi connectivity index (χ1) is 9.34. The number of esters is 2. The molecule has 8 nitrogen and oxygen atoms in total. The summed E-state index contributed by atoms with van der Waals surface area (Å²) in [6.07, 6.45) is 0. The Kier molecular flexibility index (Phi) is 4.42. The summed E-state index contributed by atoms with van der Waals surface area (Å²) in [6, 6.07) is 1.99. The van der Waals surface area contributed by atoms with Crippen LogP contribution in [0.5, 0.6) is 0 Å². The number of carboxylic acids is 2. The largest absolute Gasteiger partial charge is 0.478 e. The first-order valence-corrected chi connectivity index (χ1v) is 5.15. The average Bonchev–Trinajstić information content (AvgIpc) is 2.43. The van der Waals surface area contributed by atoms with Crippen molar-refractivity contribution < 1.29 is 38.9 Å². The number of carbonyl (C=O) groups is 4. The van der Waals surface area contributed by atoms with Gasteiger partial charge in [-0.3, -0.25) is 0 Å². The summed E-state index contributed by atoms with van der Waals surface area (Å²) in [5, 5.41) is 18.2. The molecule has 106 valence electrons. The number of carbonyl (C=O) groups excluding carboxylic acids is 2. The highest BCUT2D eigenvalue weighted by Gasteiger charge is 2.30. The van der Waals surface area contributed by atoms with Crippen LogP contribution in [0.4, 0.5) is 0 Å².